The van der Waals surface area contributed by atoms with Gasteiger partial charge in [-0.2, -0.15) is 0 Å². The van der Waals surface area contributed by atoms with Crippen molar-refractivity contribution in [3.8, 4) is 10.7 Å². The van der Waals surface area contributed by atoms with Crippen molar-refractivity contribution in [1.29, 1.82) is 0 Å². The fraction of sp³-hybridized carbons (Fsp3) is 0.333. The van der Waals surface area contributed by atoms with Crippen LogP contribution in [0.2, 0.25) is 0 Å². The van der Waals surface area contributed by atoms with Crippen molar-refractivity contribution in [3.05, 3.63) is 52.7 Å². The molecule has 1 fully saturated rings. The lowest BCUT2D eigenvalue weighted by atomic mass is 10.2. The summed E-state index contributed by atoms with van der Waals surface area (Å²) < 4.78 is 35.3. The van der Waals surface area contributed by atoms with E-state index in [2.05, 4.69) is 9.71 Å². The number of carbonyl (C=O) groups is 1. The van der Waals surface area contributed by atoms with Gasteiger partial charge in [-0.1, -0.05) is 17.7 Å². The molecule has 0 radical (unpaired) electrons. The monoisotopic (exact) mass is 460 g/mol. The Kier molecular flexibility index (Phi) is 5.87. The molecule has 8 nitrogen and oxygen atoms in total. The molecule has 0 saturated carbocycles. The van der Waals surface area contributed by atoms with Crippen molar-refractivity contribution < 1.29 is 17.9 Å². The number of thiazole rings is 1. The Labute approximate surface area is 185 Å². The minimum Gasteiger partial charge on any atom is -0.378 e. The summed E-state index contributed by atoms with van der Waals surface area (Å²) >= 11 is 1.28. The van der Waals surface area contributed by atoms with Crippen molar-refractivity contribution in [1.82, 2.24) is 14.5 Å². The number of rotatable bonds is 5. The smallest absolute Gasteiger partial charge is 0.266 e. The third-order valence-corrected chi connectivity index (χ3v) is 7.62. The zero-order valence-corrected chi connectivity index (χ0v) is 19.2. The summed E-state index contributed by atoms with van der Waals surface area (Å²) in [6, 6.07) is 8.73. The normalized spacial score (nSPS) is 14.6. The first kappa shape index (κ1) is 21.5. The van der Waals surface area contributed by atoms with Gasteiger partial charge >= 0.3 is 0 Å². The fourth-order valence-corrected chi connectivity index (χ4v) is 5.57. The van der Waals surface area contributed by atoms with Crippen LogP contribution in [-0.4, -0.2) is 55.1 Å². The summed E-state index contributed by atoms with van der Waals surface area (Å²) in [5.41, 5.74) is 2.82. The quantitative estimate of drug-likeness (QED) is 0.632. The number of aromatic nitrogens is 2. The Morgan fingerprint density at radius 3 is 2.52 bits per heavy atom. The second-order valence-electron chi connectivity index (χ2n) is 7.48. The number of morpholine rings is 1. The van der Waals surface area contributed by atoms with E-state index in [1.165, 1.54) is 11.3 Å². The first-order valence-electron chi connectivity index (χ1n) is 9.85. The van der Waals surface area contributed by atoms with E-state index in [0.29, 0.717) is 53.3 Å². The van der Waals surface area contributed by atoms with Crippen LogP contribution in [0.1, 0.15) is 20.9 Å². The van der Waals surface area contributed by atoms with Gasteiger partial charge in [0, 0.05) is 32.0 Å². The average Bonchev–Trinajstić information content (AvgIpc) is 3.33. The zero-order valence-electron chi connectivity index (χ0n) is 17.6. The second-order valence-corrected chi connectivity index (χ2v) is 10.2. The molecule has 0 bridgehead atoms. The van der Waals surface area contributed by atoms with E-state index in [1.807, 2.05) is 19.1 Å². The summed E-state index contributed by atoms with van der Waals surface area (Å²) in [5.74, 6) is -0.0624. The van der Waals surface area contributed by atoms with Crippen LogP contribution in [0.25, 0.3) is 10.7 Å². The highest BCUT2D eigenvalue weighted by atomic mass is 32.2. The Balaban J connectivity index is 1.60. The third kappa shape index (κ3) is 4.51. The Bertz CT molecular complexity index is 1210. The predicted molar refractivity (Wildman–Crippen MR) is 120 cm³/mol. The molecule has 31 heavy (non-hydrogen) atoms. The van der Waals surface area contributed by atoms with Gasteiger partial charge in [0.25, 0.3) is 15.9 Å². The minimum atomic E-state index is -3.76. The lowest BCUT2D eigenvalue weighted by molar-refractivity contribution is 0.0305. The Hall–Kier alpha value is -2.69. The van der Waals surface area contributed by atoms with Crippen LogP contribution >= 0.6 is 11.3 Å². The van der Waals surface area contributed by atoms with Crippen LogP contribution in [0, 0.1) is 13.8 Å². The number of amides is 1. The van der Waals surface area contributed by atoms with Gasteiger partial charge in [-0.15, -0.1) is 11.3 Å². The second kappa shape index (κ2) is 8.45. The minimum absolute atomic E-state index is 0.0624. The number of aryl methyl sites for hydroxylation is 3. The lowest BCUT2D eigenvalue weighted by Crippen LogP contribution is -2.40. The Morgan fingerprint density at radius 1 is 1.16 bits per heavy atom. The molecular formula is C21H24N4O4S2. The molecule has 0 atom stereocenters. The number of hydrogen-bond donors (Lipinski definition) is 1. The van der Waals surface area contributed by atoms with Gasteiger partial charge in [-0.05, 0) is 32.0 Å². The van der Waals surface area contributed by atoms with Crippen LogP contribution in [0.3, 0.4) is 0 Å². The SMILES string of the molecule is Cc1ccc(NS(=O)(=O)c2cc(-c3nc(C)c(C(=O)N4CCOCC4)s3)n(C)c2)cc1. The number of anilines is 1. The average molecular weight is 461 g/mol. The van der Waals surface area contributed by atoms with Crippen molar-refractivity contribution in [2.45, 2.75) is 18.7 Å². The number of nitrogens with zero attached hydrogens (tertiary/aromatic N) is 3. The molecule has 10 heteroatoms. The topological polar surface area (TPSA) is 93.5 Å². The number of benzene rings is 1. The molecule has 1 aliphatic rings. The highest BCUT2D eigenvalue weighted by Crippen LogP contribution is 2.31. The molecule has 0 aliphatic carbocycles. The van der Waals surface area contributed by atoms with Crippen LogP contribution in [0.15, 0.2) is 41.4 Å². The fourth-order valence-electron chi connectivity index (χ4n) is 3.34. The van der Waals surface area contributed by atoms with Crippen LogP contribution in [0.4, 0.5) is 5.69 Å². The maximum Gasteiger partial charge on any atom is 0.266 e. The van der Waals surface area contributed by atoms with E-state index in [-0.39, 0.29) is 10.8 Å². The first-order valence-corrected chi connectivity index (χ1v) is 12.2. The molecule has 1 aliphatic heterocycles. The van der Waals surface area contributed by atoms with Crippen LogP contribution in [0.5, 0.6) is 0 Å². The zero-order chi connectivity index (χ0) is 22.2. The van der Waals surface area contributed by atoms with E-state index < -0.39 is 10.0 Å². The van der Waals surface area contributed by atoms with E-state index >= 15 is 0 Å². The van der Waals surface area contributed by atoms with Gasteiger partial charge in [0.05, 0.1) is 24.6 Å². The molecule has 1 saturated heterocycles. The standard InChI is InChI=1S/C21H24N4O4S2/c1-14-4-6-16(7-5-14)23-31(27,28)17-12-18(24(3)13-17)20-22-15(2)19(30-20)21(26)25-8-10-29-11-9-25/h4-7,12-13,23H,8-11H2,1-3H3. The summed E-state index contributed by atoms with van der Waals surface area (Å²) in [6.45, 7) is 5.92. The van der Waals surface area contributed by atoms with E-state index in [0.717, 1.165) is 5.56 Å². The Morgan fingerprint density at radius 2 is 1.84 bits per heavy atom. The lowest BCUT2D eigenvalue weighted by Gasteiger charge is -2.26. The van der Waals surface area contributed by atoms with E-state index in [4.69, 9.17) is 4.74 Å². The molecule has 1 N–H and O–H groups in total. The maximum absolute atomic E-state index is 12.9. The molecule has 164 valence electrons. The van der Waals surface area contributed by atoms with E-state index in [9.17, 15) is 13.2 Å². The van der Waals surface area contributed by atoms with Crippen LogP contribution < -0.4 is 4.72 Å². The third-order valence-electron chi connectivity index (χ3n) is 5.10. The van der Waals surface area contributed by atoms with Gasteiger partial charge < -0.3 is 14.2 Å². The first-order chi connectivity index (χ1) is 14.7. The summed E-state index contributed by atoms with van der Waals surface area (Å²) in [4.78, 5) is 19.9. The molecule has 3 aromatic rings. The number of nitrogens with one attached hydrogen (secondary N) is 1. The highest BCUT2D eigenvalue weighted by molar-refractivity contribution is 7.92. The van der Waals surface area contributed by atoms with Crippen molar-refractivity contribution in [2.24, 2.45) is 7.05 Å². The maximum atomic E-state index is 12.9. The number of ether oxygens (including phenoxy) is 1. The number of hydrogen-bond acceptors (Lipinski definition) is 6. The van der Waals surface area contributed by atoms with Gasteiger partial charge in [0.1, 0.15) is 14.8 Å². The van der Waals surface area contributed by atoms with Gasteiger partial charge in [0.2, 0.25) is 0 Å². The van der Waals surface area contributed by atoms with Crippen LogP contribution in [-0.2, 0) is 21.8 Å². The number of carbonyl (C=O) groups excluding carboxylic acids is 1. The van der Waals surface area contributed by atoms with Gasteiger partial charge in [-0.25, -0.2) is 13.4 Å². The van der Waals surface area contributed by atoms with Gasteiger partial charge in [0.15, 0.2) is 0 Å². The number of sulfonamides is 1. The van der Waals surface area contributed by atoms with Crippen molar-refractivity contribution in [2.75, 3.05) is 31.0 Å². The molecule has 0 spiro atoms. The van der Waals surface area contributed by atoms with Crippen molar-refractivity contribution >= 4 is 33.0 Å². The molecule has 0 unspecified atom stereocenters. The van der Waals surface area contributed by atoms with Crippen molar-refractivity contribution in [3.63, 3.8) is 0 Å². The molecule has 1 aromatic carbocycles. The van der Waals surface area contributed by atoms with Gasteiger partial charge in [-0.3, -0.25) is 9.52 Å². The molecule has 1 amide bonds. The predicted octanol–water partition coefficient (Wildman–Crippen LogP) is 3.04. The molecule has 4 rings (SSSR count). The molecule has 2 aromatic heterocycles. The summed E-state index contributed by atoms with van der Waals surface area (Å²) in [5, 5.41) is 0.605. The van der Waals surface area contributed by atoms with E-state index in [1.54, 1.807) is 47.8 Å². The molecule has 3 heterocycles. The summed E-state index contributed by atoms with van der Waals surface area (Å²) in [7, 11) is -1.99. The molecular weight excluding hydrogens is 436 g/mol. The highest BCUT2D eigenvalue weighted by Gasteiger charge is 2.25. The summed E-state index contributed by atoms with van der Waals surface area (Å²) in [6.07, 6.45) is 1.55. The largest absolute Gasteiger partial charge is 0.378 e.